The van der Waals surface area contributed by atoms with Crippen LogP contribution in [0.5, 0.6) is 5.75 Å². The molecule has 1 N–H and O–H groups in total. The Morgan fingerprint density at radius 1 is 1.43 bits per heavy atom. The van der Waals surface area contributed by atoms with E-state index in [1.165, 1.54) is 19.2 Å². The summed E-state index contributed by atoms with van der Waals surface area (Å²) in [5, 5.41) is 6.91. The average Bonchev–Trinajstić information content (AvgIpc) is 2.87. The summed E-state index contributed by atoms with van der Waals surface area (Å²) in [6.45, 7) is 3.95. The third kappa shape index (κ3) is 3.59. The van der Waals surface area contributed by atoms with Gasteiger partial charge in [0.25, 0.3) is 0 Å². The lowest BCUT2D eigenvalue weighted by molar-refractivity contribution is -0.115. The van der Waals surface area contributed by atoms with Crippen LogP contribution >= 0.6 is 0 Å². The van der Waals surface area contributed by atoms with Gasteiger partial charge in [0.05, 0.1) is 19.7 Å². The number of nitrogens with zero attached hydrogens (tertiary/aromatic N) is 2. The maximum atomic E-state index is 13.6. The van der Waals surface area contributed by atoms with Gasteiger partial charge in [-0.3, -0.25) is 4.79 Å². The summed E-state index contributed by atoms with van der Waals surface area (Å²) in [5.41, 5.74) is 0.585. The van der Waals surface area contributed by atoms with Crippen LogP contribution in [0.2, 0.25) is 0 Å². The number of ether oxygens (including phenoxy) is 1. The van der Waals surface area contributed by atoms with Crippen molar-refractivity contribution in [2.24, 2.45) is 0 Å². The SMILES string of the molecule is COc1ccc(CC(=O)Nc2ccnn2C(C)C)cc1F. The summed E-state index contributed by atoms with van der Waals surface area (Å²) in [6, 6.07) is 6.36. The summed E-state index contributed by atoms with van der Waals surface area (Å²) in [4.78, 5) is 12.0. The van der Waals surface area contributed by atoms with Gasteiger partial charge < -0.3 is 10.1 Å². The van der Waals surface area contributed by atoms with Crippen molar-refractivity contribution in [3.63, 3.8) is 0 Å². The third-order valence-electron chi connectivity index (χ3n) is 3.01. The maximum Gasteiger partial charge on any atom is 0.229 e. The van der Waals surface area contributed by atoms with Crippen molar-refractivity contribution in [2.45, 2.75) is 26.3 Å². The van der Waals surface area contributed by atoms with Gasteiger partial charge in [-0.25, -0.2) is 9.07 Å². The molecule has 0 aliphatic carbocycles. The Morgan fingerprint density at radius 3 is 2.81 bits per heavy atom. The van der Waals surface area contributed by atoms with Crippen LogP contribution in [0.25, 0.3) is 0 Å². The van der Waals surface area contributed by atoms with Crippen molar-refractivity contribution in [1.29, 1.82) is 0 Å². The highest BCUT2D eigenvalue weighted by Gasteiger charge is 2.11. The monoisotopic (exact) mass is 291 g/mol. The molecule has 2 rings (SSSR count). The lowest BCUT2D eigenvalue weighted by Crippen LogP contribution is -2.18. The minimum atomic E-state index is -0.477. The van der Waals surface area contributed by atoms with Crippen molar-refractivity contribution in [3.8, 4) is 5.75 Å². The fourth-order valence-electron chi connectivity index (χ4n) is 2.02. The van der Waals surface area contributed by atoms with Gasteiger partial charge >= 0.3 is 0 Å². The third-order valence-corrected chi connectivity index (χ3v) is 3.01. The second kappa shape index (κ2) is 6.39. The van der Waals surface area contributed by atoms with Crippen LogP contribution in [0.3, 0.4) is 0 Å². The number of rotatable bonds is 5. The summed E-state index contributed by atoms with van der Waals surface area (Å²) in [7, 11) is 1.40. The number of carbonyl (C=O) groups is 1. The van der Waals surface area contributed by atoms with E-state index < -0.39 is 5.82 Å². The molecule has 0 saturated carbocycles. The van der Waals surface area contributed by atoms with Crippen LogP contribution in [0.1, 0.15) is 25.5 Å². The number of anilines is 1. The lowest BCUT2D eigenvalue weighted by Gasteiger charge is -2.12. The molecule has 5 nitrogen and oxygen atoms in total. The number of carbonyl (C=O) groups excluding carboxylic acids is 1. The second-order valence-corrected chi connectivity index (χ2v) is 4.95. The zero-order valence-corrected chi connectivity index (χ0v) is 12.3. The van der Waals surface area contributed by atoms with E-state index in [4.69, 9.17) is 4.74 Å². The number of nitrogens with one attached hydrogen (secondary N) is 1. The fourth-order valence-corrected chi connectivity index (χ4v) is 2.02. The van der Waals surface area contributed by atoms with E-state index in [1.807, 2.05) is 13.8 Å². The minimum Gasteiger partial charge on any atom is -0.494 e. The van der Waals surface area contributed by atoms with Crippen LogP contribution in [0, 0.1) is 5.82 Å². The Morgan fingerprint density at radius 2 is 2.19 bits per heavy atom. The molecule has 0 aliphatic rings. The minimum absolute atomic E-state index is 0.0875. The number of amides is 1. The predicted octanol–water partition coefficient (Wildman–Crippen LogP) is 2.79. The van der Waals surface area contributed by atoms with Crippen LogP contribution in [-0.4, -0.2) is 22.8 Å². The van der Waals surface area contributed by atoms with Crippen LogP contribution in [-0.2, 0) is 11.2 Å². The van der Waals surface area contributed by atoms with E-state index in [1.54, 1.807) is 23.0 Å². The van der Waals surface area contributed by atoms with E-state index in [-0.39, 0.29) is 24.1 Å². The zero-order chi connectivity index (χ0) is 15.4. The zero-order valence-electron chi connectivity index (χ0n) is 12.3. The van der Waals surface area contributed by atoms with Gasteiger partial charge in [0.15, 0.2) is 11.6 Å². The molecule has 1 aromatic heterocycles. The molecule has 0 radical (unpaired) electrons. The molecule has 0 unspecified atom stereocenters. The average molecular weight is 291 g/mol. The molecule has 21 heavy (non-hydrogen) atoms. The number of hydrogen-bond acceptors (Lipinski definition) is 3. The smallest absolute Gasteiger partial charge is 0.229 e. The summed E-state index contributed by atoms with van der Waals surface area (Å²) in [5.74, 6) is 0.0954. The highest BCUT2D eigenvalue weighted by Crippen LogP contribution is 2.18. The maximum absolute atomic E-state index is 13.6. The number of benzene rings is 1. The van der Waals surface area contributed by atoms with Crippen LogP contribution in [0.4, 0.5) is 10.2 Å². The molecular formula is C15H18FN3O2. The molecule has 1 aromatic carbocycles. The van der Waals surface area contributed by atoms with Crippen LogP contribution in [0.15, 0.2) is 30.5 Å². The highest BCUT2D eigenvalue weighted by molar-refractivity contribution is 5.91. The van der Waals surface area contributed by atoms with Gasteiger partial charge in [0, 0.05) is 12.1 Å². The molecular weight excluding hydrogens is 273 g/mol. The molecule has 0 atom stereocenters. The molecule has 0 saturated heterocycles. The second-order valence-electron chi connectivity index (χ2n) is 4.95. The van der Waals surface area contributed by atoms with Crippen molar-refractivity contribution >= 4 is 11.7 Å². The number of halogens is 1. The van der Waals surface area contributed by atoms with Gasteiger partial charge in [0.2, 0.25) is 5.91 Å². The highest BCUT2D eigenvalue weighted by atomic mass is 19.1. The first kappa shape index (κ1) is 15.0. The first-order chi connectivity index (χ1) is 10.0. The first-order valence-electron chi connectivity index (χ1n) is 6.67. The topological polar surface area (TPSA) is 56.1 Å². The fraction of sp³-hybridized carbons (Fsp3) is 0.333. The molecule has 0 fully saturated rings. The van der Waals surface area contributed by atoms with E-state index in [0.717, 1.165) is 0 Å². The van der Waals surface area contributed by atoms with Crippen molar-refractivity contribution in [2.75, 3.05) is 12.4 Å². The van der Waals surface area contributed by atoms with Crippen molar-refractivity contribution in [1.82, 2.24) is 9.78 Å². The van der Waals surface area contributed by atoms with Crippen molar-refractivity contribution in [3.05, 3.63) is 41.8 Å². The molecule has 0 aliphatic heterocycles. The molecule has 112 valence electrons. The number of methoxy groups -OCH3 is 1. The lowest BCUT2D eigenvalue weighted by atomic mass is 10.1. The van der Waals surface area contributed by atoms with Gasteiger partial charge in [-0.05, 0) is 31.5 Å². The Labute approximate surface area is 122 Å². The van der Waals surface area contributed by atoms with Gasteiger partial charge in [0.1, 0.15) is 5.82 Å². The quantitative estimate of drug-likeness (QED) is 0.921. The number of hydrogen-bond donors (Lipinski definition) is 1. The van der Waals surface area contributed by atoms with Crippen molar-refractivity contribution < 1.29 is 13.9 Å². The first-order valence-corrected chi connectivity index (χ1v) is 6.67. The van der Waals surface area contributed by atoms with E-state index in [9.17, 15) is 9.18 Å². The summed E-state index contributed by atoms with van der Waals surface area (Å²) >= 11 is 0. The van der Waals surface area contributed by atoms with Gasteiger partial charge in [-0.1, -0.05) is 6.07 Å². The van der Waals surface area contributed by atoms with Gasteiger partial charge in [-0.2, -0.15) is 5.10 Å². The molecule has 1 amide bonds. The standard InChI is InChI=1S/C15H18FN3O2/c1-10(2)19-14(6-7-17-19)18-15(20)9-11-4-5-13(21-3)12(16)8-11/h4-8,10H,9H2,1-3H3,(H,18,20). The van der Waals surface area contributed by atoms with Crippen LogP contribution < -0.4 is 10.1 Å². The number of aromatic nitrogens is 2. The summed E-state index contributed by atoms with van der Waals surface area (Å²) < 4.78 is 20.1. The van der Waals surface area contributed by atoms with E-state index >= 15 is 0 Å². The normalized spacial score (nSPS) is 10.7. The Balaban J connectivity index is 2.05. The largest absolute Gasteiger partial charge is 0.494 e. The van der Waals surface area contributed by atoms with E-state index in [0.29, 0.717) is 11.4 Å². The molecule has 0 spiro atoms. The molecule has 0 bridgehead atoms. The molecule has 6 heteroatoms. The molecule has 2 aromatic rings. The Kier molecular flexibility index (Phi) is 4.57. The Bertz CT molecular complexity index is 638. The summed E-state index contributed by atoms with van der Waals surface area (Å²) in [6.07, 6.45) is 1.72. The van der Waals surface area contributed by atoms with Gasteiger partial charge in [-0.15, -0.1) is 0 Å². The predicted molar refractivity (Wildman–Crippen MR) is 77.9 cm³/mol. The van der Waals surface area contributed by atoms with E-state index in [2.05, 4.69) is 10.4 Å². The molecule has 1 heterocycles. The Hall–Kier alpha value is -2.37.